The average Bonchev–Trinajstić information content (AvgIpc) is 3.91. The predicted molar refractivity (Wildman–Crippen MR) is 183 cm³/mol. The smallest absolute Gasteiger partial charge is 0.408 e. The van der Waals surface area contributed by atoms with Gasteiger partial charge in [-0.1, -0.05) is 57.2 Å². The average molecular weight is 716 g/mol. The maximum Gasteiger partial charge on any atom is 0.408 e. The molecule has 1 aromatic carbocycles. The number of hydrogen-bond acceptors (Lipinski definition) is 9. The summed E-state index contributed by atoms with van der Waals surface area (Å²) in [4.78, 5) is 68.8. The second-order valence-corrected chi connectivity index (χ2v) is 17.9. The van der Waals surface area contributed by atoms with Gasteiger partial charge in [0.15, 0.2) is 0 Å². The monoisotopic (exact) mass is 715 g/mol. The molecule has 1 saturated heterocycles. The van der Waals surface area contributed by atoms with Crippen LogP contribution in [0.2, 0.25) is 0 Å². The van der Waals surface area contributed by atoms with E-state index in [1.165, 1.54) is 11.0 Å². The Hall–Kier alpha value is -4.14. The van der Waals surface area contributed by atoms with Crippen molar-refractivity contribution in [2.45, 2.75) is 120 Å². The maximum atomic E-state index is 14.3. The molecular formula is C35H49N5O9S. The summed E-state index contributed by atoms with van der Waals surface area (Å²) >= 11 is 0. The Morgan fingerprint density at radius 3 is 2.22 bits per heavy atom. The van der Waals surface area contributed by atoms with Crippen LogP contribution < -0.4 is 20.7 Å². The lowest BCUT2D eigenvalue weighted by atomic mass is 9.85. The molecule has 1 aromatic rings. The number of benzene rings is 1. The van der Waals surface area contributed by atoms with Crippen molar-refractivity contribution in [2.24, 2.45) is 11.3 Å². The standard InChI is InChI=1S/C35H49N5O9S/c1-8-21-18-35(21,30(43)39-50(46,47)23-14-15-23)38-28(41)26-16-22(48-31(44)36-25-17-24(25)20-12-10-9-11-13-20)19-40(26)29(42)27(33(2,3)4)37-32(45)49-34(5,6)7/h8-13,21-27H,1,14-19H2,2-7H3,(H,36,44)(H,37,45)(H,38,41)(H,39,43)/t21?,22-,24-,25+,26+,27-,35?/m1/s1. The number of carbonyl (C=O) groups is 5. The molecule has 2 unspecified atom stereocenters. The van der Waals surface area contributed by atoms with Gasteiger partial charge in [-0.25, -0.2) is 18.0 Å². The van der Waals surface area contributed by atoms with Crippen molar-refractivity contribution in [1.29, 1.82) is 0 Å². The van der Waals surface area contributed by atoms with Crippen LogP contribution in [0.25, 0.3) is 0 Å². The molecule has 5 amide bonds. The molecule has 15 heteroatoms. The van der Waals surface area contributed by atoms with Gasteiger partial charge in [0, 0.05) is 24.3 Å². The Morgan fingerprint density at radius 1 is 1.00 bits per heavy atom. The van der Waals surface area contributed by atoms with Crippen LogP contribution in [0.15, 0.2) is 43.0 Å². The van der Waals surface area contributed by atoms with Crippen molar-refractivity contribution in [1.82, 2.24) is 25.6 Å². The van der Waals surface area contributed by atoms with Crippen LogP contribution in [0.1, 0.15) is 85.1 Å². The van der Waals surface area contributed by atoms with Gasteiger partial charge in [-0.15, -0.1) is 6.58 Å². The largest absolute Gasteiger partial charge is 0.444 e. The Morgan fingerprint density at radius 2 is 1.66 bits per heavy atom. The van der Waals surface area contributed by atoms with Gasteiger partial charge in [0.1, 0.15) is 29.3 Å². The zero-order valence-corrected chi connectivity index (χ0v) is 30.3. The Bertz CT molecular complexity index is 1630. The van der Waals surface area contributed by atoms with Crippen LogP contribution in [-0.2, 0) is 33.9 Å². The van der Waals surface area contributed by atoms with Gasteiger partial charge < -0.3 is 30.3 Å². The van der Waals surface area contributed by atoms with E-state index in [-0.39, 0.29) is 31.3 Å². The fraction of sp³-hybridized carbons (Fsp3) is 0.629. The molecule has 0 aromatic heterocycles. The zero-order chi connectivity index (χ0) is 36.8. The molecule has 4 aliphatic rings. The number of ether oxygens (including phenoxy) is 2. The van der Waals surface area contributed by atoms with Crippen molar-refractivity contribution in [3.63, 3.8) is 0 Å². The van der Waals surface area contributed by atoms with Crippen molar-refractivity contribution in [2.75, 3.05) is 6.54 Å². The van der Waals surface area contributed by atoms with E-state index < -0.39 is 85.8 Å². The van der Waals surface area contributed by atoms with E-state index >= 15 is 0 Å². The van der Waals surface area contributed by atoms with Crippen LogP contribution in [0.5, 0.6) is 0 Å². The lowest BCUT2D eigenvalue weighted by Gasteiger charge is -2.36. The SMILES string of the molecule is C=CC1CC1(NC(=O)[C@@H]1C[C@@H](OC(=O)N[C@H]2C[C@@H]2c2ccccc2)CN1C(=O)[C@@H](NC(=O)OC(C)(C)C)C(C)(C)C)C(=O)NS(=O)(=O)C1CC1. The molecule has 3 aliphatic carbocycles. The van der Waals surface area contributed by atoms with Gasteiger partial charge in [-0.05, 0) is 57.4 Å². The zero-order valence-electron chi connectivity index (χ0n) is 29.5. The third-order valence-electron chi connectivity index (χ3n) is 9.47. The summed E-state index contributed by atoms with van der Waals surface area (Å²) in [6.07, 6.45) is 0.703. The summed E-state index contributed by atoms with van der Waals surface area (Å²) in [5.41, 5.74) is -2.17. The van der Waals surface area contributed by atoms with Crippen LogP contribution in [0.3, 0.4) is 0 Å². The minimum absolute atomic E-state index is 0.0993. The van der Waals surface area contributed by atoms with E-state index in [2.05, 4.69) is 27.3 Å². The van der Waals surface area contributed by atoms with E-state index in [9.17, 15) is 32.4 Å². The summed E-state index contributed by atoms with van der Waals surface area (Å²) in [5, 5.41) is 7.58. The molecule has 14 nitrogen and oxygen atoms in total. The highest BCUT2D eigenvalue weighted by Gasteiger charge is 2.62. The van der Waals surface area contributed by atoms with Crippen molar-refractivity contribution in [3.8, 4) is 0 Å². The summed E-state index contributed by atoms with van der Waals surface area (Å²) < 4.78 is 38.5. The van der Waals surface area contributed by atoms with Gasteiger partial charge in [0.2, 0.25) is 21.8 Å². The number of nitrogens with one attached hydrogen (secondary N) is 4. The van der Waals surface area contributed by atoms with Crippen molar-refractivity contribution < 1.29 is 41.9 Å². The summed E-state index contributed by atoms with van der Waals surface area (Å²) in [5.74, 6) is -2.62. The van der Waals surface area contributed by atoms with Crippen LogP contribution in [0, 0.1) is 11.3 Å². The molecule has 0 spiro atoms. The number of alkyl carbamates (subject to hydrolysis) is 2. The maximum absolute atomic E-state index is 14.3. The van der Waals surface area contributed by atoms with Gasteiger partial charge in [-0.3, -0.25) is 19.1 Å². The number of carbonyl (C=O) groups excluding carboxylic acids is 5. The molecule has 7 atom stereocenters. The van der Waals surface area contributed by atoms with E-state index in [1.54, 1.807) is 41.5 Å². The fourth-order valence-electron chi connectivity index (χ4n) is 6.39. The van der Waals surface area contributed by atoms with Gasteiger partial charge in [-0.2, -0.15) is 0 Å². The molecule has 274 valence electrons. The lowest BCUT2D eigenvalue weighted by Crippen LogP contribution is -2.60. The van der Waals surface area contributed by atoms with Crippen LogP contribution >= 0.6 is 0 Å². The lowest BCUT2D eigenvalue weighted by molar-refractivity contribution is -0.143. The first-order valence-electron chi connectivity index (χ1n) is 17.1. The quantitative estimate of drug-likeness (QED) is 0.250. The molecule has 1 heterocycles. The molecule has 5 rings (SSSR count). The first-order chi connectivity index (χ1) is 23.2. The summed E-state index contributed by atoms with van der Waals surface area (Å²) in [6, 6.07) is 7.26. The highest BCUT2D eigenvalue weighted by Crippen LogP contribution is 2.46. The van der Waals surface area contributed by atoms with E-state index in [4.69, 9.17) is 9.47 Å². The number of hydrogen-bond donors (Lipinski definition) is 4. The van der Waals surface area contributed by atoms with Crippen LogP contribution in [-0.4, -0.2) is 90.4 Å². The molecular weight excluding hydrogens is 666 g/mol. The topological polar surface area (TPSA) is 189 Å². The number of sulfonamides is 1. The third kappa shape index (κ3) is 8.59. The molecule has 0 bridgehead atoms. The highest BCUT2D eigenvalue weighted by molar-refractivity contribution is 7.91. The number of rotatable bonds is 11. The minimum atomic E-state index is -3.91. The molecule has 1 aliphatic heterocycles. The Kier molecular flexibility index (Phi) is 10.0. The minimum Gasteiger partial charge on any atom is -0.444 e. The molecule has 50 heavy (non-hydrogen) atoms. The second kappa shape index (κ2) is 13.5. The Labute approximate surface area is 293 Å². The van der Waals surface area contributed by atoms with E-state index in [1.807, 2.05) is 30.3 Å². The normalized spacial score (nSPS) is 28.0. The predicted octanol–water partition coefficient (Wildman–Crippen LogP) is 2.85. The molecule has 4 N–H and O–H groups in total. The van der Waals surface area contributed by atoms with Crippen molar-refractivity contribution in [3.05, 3.63) is 48.6 Å². The van der Waals surface area contributed by atoms with Gasteiger partial charge in [0.25, 0.3) is 5.91 Å². The third-order valence-corrected chi connectivity index (χ3v) is 11.3. The summed E-state index contributed by atoms with van der Waals surface area (Å²) in [6.45, 7) is 13.9. The Balaban J connectivity index is 1.34. The first kappa shape index (κ1) is 37.1. The number of likely N-dealkylation sites (tertiary alicyclic amines) is 1. The number of nitrogens with zero attached hydrogens (tertiary/aromatic N) is 1. The summed E-state index contributed by atoms with van der Waals surface area (Å²) in [7, 11) is -3.91. The fourth-order valence-corrected chi connectivity index (χ4v) is 7.76. The molecule has 0 radical (unpaired) electrons. The van der Waals surface area contributed by atoms with E-state index in [0.717, 1.165) is 12.0 Å². The second-order valence-electron chi connectivity index (χ2n) is 15.9. The van der Waals surface area contributed by atoms with Gasteiger partial charge >= 0.3 is 12.2 Å². The van der Waals surface area contributed by atoms with Gasteiger partial charge in [0.05, 0.1) is 11.8 Å². The first-order valence-corrected chi connectivity index (χ1v) is 18.6. The highest BCUT2D eigenvalue weighted by atomic mass is 32.2. The van der Waals surface area contributed by atoms with Crippen molar-refractivity contribution >= 4 is 39.9 Å². The van der Waals surface area contributed by atoms with Crippen LogP contribution in [0.4, 0.5) is 9.59 Å². The van der Waals surface area contributed by atoms with E-state index in [0.29, 0.717) is 12.8 Å². The molecule has 4 fully saturated rings. The number of amides is 5. The molecule has 3 saturated carbocycles.